The van der Waals surface area contributed by atoms with Crippen molar-refractivity contribution in [3.63, 3.8) is 0 Å². The number of aliphatic imine (C=N–C) groups is 1. The van der Waals surface area contributed by atoms with Crippen LogP contribution in [0.3, 0.4) is 0 Å². The molecule has 5 atom stereocenters. The van der Waals surface area contributed by atoms with Gasteiger partial charge in [-0.1, -0.05) is 68.8 Å². The average Bonchev–Trinajstić information content (AvgIpc) is 4.07. The maximum absolute atomic E-state index is 14.1. The van der Waals surface area contributed by atoms with Crippen LogP contribution in [0.5, 0.6) is 0 Å². The van der Waals surface area contributed by atoms with Crippen LogP contribution in [0.1, 0.15) is 104 Å². The van der Waals surface area contributed by atoms with Gasteiger partial charge in [0.05, 0.1) is 47.0 Å². The van der Waals surface area contributed by atoms with Crippen molar-refractivity contribution in [2.45, 2.75) is 105 Å². The molecule has 3 aromatic heterocycles. The van der Waals surface area contributed by atoms with Crippen LogP contribution in [0, 0.1) is 33.1 Å². The van der Waals surface area contributed by atoms with Gasteiger partial charge in [-0.05, 0) is 75.3 Å². The summed E-state index contributed by atoms with van der Waals surface area (Å²) >= 11 is 9.45. The third-order valence-corrected chi connectivity index (χ3v) is 14.6. The summed E-state index contributed by atoms with van der Waals surface area (Å²) in [6.45, 7) is 16.2. The topological polar surface area (TPSA) is 202 Å². The number of hydrogen-bond donors (Lipinski definition) is 4. The molecule has 1 saturated heterocycles. The summed E-state index contributed by atoms with van der Waals surface area (Å²) in [4.78, 5) is 67.3. The number of aryl methyl sites for hydroxylation is 3. The van der Waals surface area contributed by atoms with E-state index < -0.39 is 41.5 Å². The van der Waals surface area contributed by atoms with E-state index in [-0.39, 0.29) is 63.6 Å². The Bertz CT molecular complexity index is 2640. The van der Waals surface area contributed by atoms with Crippen LogP contribution in [0.4, 0.5) is 0 Å². The fraction of sp³-hybridized carbons (Fsp3) is 0.469. The smallest absolute Gasteiger partial charge is 0.246 e. The Morgan fingerprint density at radius 3 is 2.32 bits per heavy atom. The largest absolute Gasteiger partial charge is 0.391 e. The number of nitrogens with zero attached hydrogens (tertiary/aromatic N) is 6. The molecule has 4 unspecified atom stereocenters. The van der Waals surface area contributed by atoms with E-state index in [4.69, 9.17) is 26.1 Å². The number of halogens is 1. The van der Waals surface area contributed by atoms with Crippen LogP contribution >= 0.6 is 34.3 Å². The minimum absolute atomic E-state index is 0.0302. The number of fused-ring (bicyclic) bond motifs is 3. The van der Waals surface area contributed by atoms with Crippen molar-refractivity contribution in [1.29, 1.82) is 0 Å². The number of aliphatic hydroxyl groups excluding tert-OH is 1. The molecule has 0 spiro atoms. The molecule has 5 heterocycles. The zero-order chi connectivity index (χ0) is 48.9. The first-order chi connectivity index (χ1) is 32.4. The Hall–Kier alpha value is -5.37. The third kappa shape index (κ3) is 11.7. The van der Waals surface area contributed by atoms with Gasteiger partial charge in [-0.25, -0.2) is 4.98 Å². The summed E-state index contributed by atoms with van der Waals surface area (Å²) in [5.41, 5.74) is 7.76. The van der Waals surface area contributed by atoms with Gasteiger partial charge >= 0.3 is 0 Å². The Kier molecular flexibility index (Phi) is 16.3. The van der Waals surface area contributed by atoms with Gasteiger partial charge in [0.25, 0.3) is 0 Å². The molecule has 2 aromatic carbocycles. The molecule has 1 fully saturated rings. The minimum Gasteiger partial charge on any atom is -0.391 e. The van der Waals surface area contributed by atoms with Gasteiger partial charge in [0.2, 0.25) is 23.6 Å². The highest BCUT2D eigenvalue weighted by Gasteiger charge is 2.45. The zero-order valence-electron chi connectivity index (χ0n) is 39.7. The van der Waals surface area contributed by atoms with Crippen molar-refractivity contribution in [2.75, 3.05) is 39.5 Å². The molecule has 4 N–H and O–H groups in total. The number of thiophene rings is 1. The molecular weight excluding hydrogens is 926 g/mol. The van der Waals surface area contributed by atoms with Crippen molar-refractivity contribution < 1.29 is 33.8 Å². The van der Waals surface area contributed by atoms with E-state index in [0.29, 0.717) is 29.7 Å². The summed E-state index contributed by atoms with van der Waals surface area (Å²) in [6, 6.07) is 12.6. The lowest BCUT2D eigenvalue weighted by molar-refractivity contribution is -0.144. The molecule has 16 nitrogen and oxygen atoms in total. The number of rotatable bonds is 18. The van der Waals surface area contributed by atoms with Crippen LogP contribution in [0.15, 0.2) is 59.0 Å². The van der Waals surface area contributed by atoms with E-state index in [2.05, 4.69) is 45.0 Å². The van der Waals surface area contributed by atoms with E-state index in [0.717, 1.165) is 54.0 Å². The second-order valence-electron chi connectivity index (χ2n) is 18.4. The monoisotopic (exact) mass is 985 g/mol. The van der Waals surface area contributed by atoms with Gasteiger partial charge in [0, 0.05) is 53.8 Å². The number of carbonyl (C=O) groups is 4. The number of benzene rings is 2. The van der Waals surface area contributed by atoms with E-state index in [1.54, 1.807) is 22.7 Å². The fourth-order valence-corrected chi connectivity index (χ4v) is 10.5. The maximum Gasteiger partial charge on any atom is 0.246 e. The fourth-order valence-electron chi connectivity index (χ4n) is 8.39. The van der Waals surface area contributed by atoms with E-state index in [9.17, 15) is 24.3 Å². The van der Waals surface area contributed by atoms with Gasteiger partial charge in [-0.15, -0.1) is 32.9 Å². The SMILES string of the molecule is Cc1ncsc1-c1ccc(C(C)NC(=O)C2C[C@@H](O)CN2C(=O)C(NC(=O)COCCCOCCNC(=O)CC2N=C(c3ccc(Cl)cc3)c3c(sc(C)c3C)-n3c(C)nnc32)C(C)(C)C)cc1. The number of carbonyl (C=O) groups excluding carboxylic acids is 4. The molecule has 0 aliphatic carbocycles. The van der Waals surface area contributed by atoms with E-state index >= 15 is 0 Å². The molecule has 0 saturated carbocycles. The first-order valence-corrected chi connectivity index (χ1v) is 24.9. The van der Waals surface area contributed by atoms with Gasteiger partial charge in [-0.3, -0.25) is 28.7 Å². The highest BCUT2D eigenvalue weighted by molar-refractivity contribution is 7.15. The van der Waals surface area contributed by atoms with E-state index in [1.807, 2.05) is 100 Å². The highest BCUT2D eigenvalue weighted by atomic mass is 35.5. The van der Waals surface area contributed by atoms with Crippen molar-refractivity contribution in [2.24, 2.45) is 10.4 Å². The highest BCUT2D eigenvalue weighted by Crippen LogP contribution is 2.40. The lowest BCUT2D eigenvalue weighted by Crippen LogP contribution is -2.58. The number of aromatic nitrogens is 4. The first kappa shape index (κ1) is 50.5. The predicted molar refractivity (Wildman–Crippen MR) is 264 cm³/mol. The van der Waals surface area contributed by atoms with Gasteiger partial charge in [0.1, 0.15) is 35.6 Å². The maximum atomic E-state index is 14.1. The molecule has 362 valence electrons. The standard InChI is InChI=1S/C49H60ClN9O7S2/c1-27-30(4)68-48-41(27)42(33-14-16-35(50)17-15-33)54-37(45-57-56-31(5)59(45)48)23-39(61)51-18-21-65-19-9-20-66-25-40(62)55-44(49(6,7)8)47(64)58-24-36(60)22-38(58)46(63)53-28(2)32-10-12-34(13-11-32)43-29(3)52-26-67-43/h10-17,26,28,36-38,44,60H,9,18-25H2,1-8H3,(H,51,61)(H,53,63)(H,55,62)/t28?,36-,37?,38?,44?/m1/s1. The molecule has 19 heteroatoms. The van der Waals surface area contributed by atoms with Crippen molar-refractivity contribution >= 4 is 63.6 Å². The lowest BCUT2D eigenvalue weighted by Gasteiger charge is -2.35. The quantitative estimate of drug-likeness (QED) is 0.0700. The van der Waals surface area contributed by atoms with Crippen LogP contribution in [-0.4, -0.2) is 117 Å². The van der Waals surface area contributed by atoms with Crippen LogP contribution < -0.4 is 16.0 Å². The molecule has 5 aromatic rings. The van der Waals surface area contributed by atoms with Crippen LogP contribution in [0.2, 0.25) is 5.02 Å². The molecule has 2 aliphatic heterocycles. The van der Waals surface area contributed by atoms with Crippen molar-refractivity contribution in [3.8, 4) is 15.4 Å². The van der Waals surface area contributed by atoms with Gasteiger partial charge < -0.3 is 35.4 Å². The molecule has 2 aliphatic rings. The number of hydrogen-bond acceptors (Lipinski definition) is 13. The predicted octanol–water partition coefficient (Wildman–Crippen LogP) is 6.53. The number of amides is 4. The number of aliphatic hydroxyl groups is 1. The molecular formula is C49H60ClN9O7S2. The van der Waals surface area contributed by atoms with Crippen LogP contribution in [-0.2, 0) is 28.7 Å². The Labute approximate surface area is 409 Å². The molecule has 7 rings (SSSR count). The average molecular weight is 987 g/mol. The Morgan fingerprint density at radius 2 is 1.63 bits per heavy atom. The Morgan fingerprint density at radius 1 is 0.926 bits per heavy atom. The van der Waals surface area contributed by atoms with E-state index in [1.165, 1.54) is 4.90 Å². The first-order valence-electron chi connectivity index (χ1n) is 22.8. The number of nitrogens with one attached hydrogen (secondary N) is 3. The summed E-state index contributed by atoms with van der Waals surface area (Å²) in [6.07, 6.45) is -0.264. The normalized spacial score (nSPS) is 17.7. The third-order valence-electron chi connectivity index (χ3n) is 12.2. The van der Waals surface area contributed by atoms with Crippen molar-refractivity contribution in [1.82, 2.24) is 40.6 Å². The Balaban J connectivity index is 0.840. The summed E-state index contributed by atoms with van der Waals surface area (Å²) < 4.78 is 13.4. The summed E-state index contributed by atoms with van der Waals surface area (Å²) in [5, 5.41) is 29.9. The minimum atomic E-state index is -0.984. The van der Waals surface area contributed by atoms with Crippen molar-refractivity contribution in [3.05, 3.63) is 104 Å². The second-order valence-corrected chi connectivity index (χ2v) is 20.9. The van der Waals surface area contributed by atoms with Gasteiger partial charge in [0.15, 0.2) is 5.82 Å². The molecule has 68 heavy (non-hydrogen) atoms. The zero-order valence-corrected chi connectivity index (χ0v) is 42.1. The number of β-amino-alcohol motifs (C(OH)–C–C–N with tert-alkyl or cyclic N) is 1. The number of likely N-dealkylation sites (tertiary alicyclic amines) is 1. The molecule has 0 radical (unpaired) electrons. The molecule has 0 bridgehead atoms. The lowest BCUT2D eigenvalue weighted by atomic mass is 9.85. The number of thiazole rings is 1. The summed E-state index contributed by atoms with van der Waals surface area (Å²) in [5.74, 6) is -0.217. The second kappa shape index (κ2) is 21.9. The molecule has 4 amide bonds. The summed E-state index contributed by atoms with van der Waals surface area (Å²) in [7, 11) is 0. The van der Waals surface area contributed by atoms with Crippen LogP contribution in [0.25, 0.3) is 15.4 Å². The number of ether oxygens (including phenoxy) is 2. The van der Waals surface area contributed by atoms with Gasteiger partial charge in [-0.2, -0.15) is 0 Å².